The fraction of sp³-hybridized carbons (Fsp3) is 0.333. The van der Waals surface area contributed by atoms with E-state index >= 15 is 0 Å². The van der Waals surface area contributed by atoms with Gasteiger partial charge in [-0.3, -0.25) is 9.84 Å². The number of anilines is 2. The maximum absolute atomic E-state index is 12.3. The molecule has 5 N–H and O–H groups in total. The molecule has 4 rings (SSSR count). The van der Waals surface area contributed by atoms with E-state index in [4.69, 9.17) is 14.0 Å². The molecule has 1 unspecified atom stereocenters. The molecule has 1 aliphatic rings. The first-order valence-corrected chi connectivity index (χ1v) is 11.4. The number of carboxylic acids is 1. The molecular weight excluding hydrogens is 488 g/mol. The number of hydrogen-bond donors (Lipinski definition) is 5. The second kappa shape index (κ2) is 11.3. The van der Waals surface area contributed by atoms with Gasteiger partial charge in [-0.05, 0) is 34.5 Å². The first-order chi connectivity index (χ1) is 17.7. The summed E-state index contributed by atoms with van der Waals surface area (Å²) in [4.78, 5) is 23.4. The molecule has 0 spiro atoms. The molecular formula is C24H26N4O9. The van der Waals surface area contributed by atoms with Crippen molar-refractivity contribution in [3.8, 4) is 5.75 Å². The lowest BCUT2D eigenvalue weighted by molar-refractivity contribution is -0.782. The van der Waals surface area contributed by atoms with Gasteiger partial charge in [0.25, 0.3) is 6.20 Å². The van der Waals surface area contributed by atoms with Gasteiger partial charge in [0.2, 0.25) is 11.6 Å². The summed E-state index contributed by atoms with van der Waals surface area (Å²) in [6, 6.07) is 15.1. The first kappa shape index (κ1) is 26.0. The van der Waals surface area contributed by atoms with E-state index in [1.54, 1.807) is 10.9 Å². The summed E-state index contributed by atoms with van der Waals surface area (Å²) in [6.45, 7) is 1.97. The van der Waals surface area contributed by atoms with E-state index in [1.807, 2.05) is 37.3 Å². The number of hydrogen-bond acceptors (Lipinski definition) is 10. The number of aliphatic hydroxyl groups is 3. The minimum atomic E-state index is -1.89. The van der Waals surface area contributed by atoms with Gasteiger partial charge in [-0.2, -0.15) is 0 Å². The number of carboxylic acid groups (broad SMARTS) is 1. The van der Waals surface area contributed by atoms with Gasteiger partial charge >= 0.3 is 11.9 Å². The third-order valence-corrected chi connectivity index (χ3v) is 5.71. The van der Waals surface area contributed by atoms with Gasteiger partial charge in [0, 0.05) is 19.0 Å². The molecule has 0 saturated carbocycles. The smallest absolute Gasteiger partial charge is 0.326 e. The van der Waals surface area contributed by atoms with Crippen LogP contribution in [0.25, 0.3) is 0 Å². The van der Waals surface area contributed by atoms with Crippen LogP contribution in [-0.4, -0.2) is 63.3 Å². The number of carbonyl (C=O) groups excluding carboxylic acids is 2. The number of aliphatic hydroxyl groups excluding tert-OH is 3. The van der Waals surface area contributed by atoms with Gasteiger partial charge in [-0.25, -0.2) is 4.79 Å². The van der Waals surface area contributed by atoms with Crippen molar-refractivity contribution in [3.05, 3.63) is 66.4 Å². The van der Waals surface area contributed by atoms with Crippen molar-refractivity contribution < 1.29 is 48.7 Å². The number of urea groups is 1. The highest BCUT2D eigenvalue weighted by Gasteiger charge is 2.45. The Hall–Kier alpha value is -4.04. The highest BCUT2D eigenvalue weighted by molar-refractivity contribution is 5.98. The van der Waals surface area contributed by atoms with E-state index < -0.39 is 42.7 Å². The van der Waals surface area contributed by atoms with Gasteiger partial charge < -0.3 is 40.0 Å². The number of nitrogens with zero attached hydrogens (tertiary/aromatic N) is 2. The lowest BCUT2D eigenvalue weighted by atomic mass is 9.99. The molecule has 3 aromatic rings. The van der Waals surface area contributed by atoms with Crippen LogP contribution >= 0.6 is 0 Å². The number of benzene rings is 2. The van der Waals surface area contributed by atoms with Crippen molar-refractivity contribution in [2.24, 2.45) is 0 Å². The molecule has 2 aromatic carbocycles. The molecule has 196 valence electrons. The molecule has 1 aromatic heterocycles. The summed E-state index contributed by atoms with van der Waals surface area (Å²) in [5.74, 6) is -1.48. The summed E-state index contributed by atoms with van der Waals surface area (Å²) in [7, 11) is 0. The third kappa shape index (κ3) is 6.40. The minimum Gasteiger partial charge on any atom is -0.547 e. The van der Waals surface area contributed by atoms with Crippen LogP contribution in [0.5, 0.6) is 5.75 Å². The Morgan fingerprint density at radius 3 is 2.43 bits per heavy atom. The van der Waals surface area contributed by atoms with Crippen molar-refractivity contribution in [1.82, 2.24) is 5.27 Å². The van der Waals surface area contributed by atoms with Crippen LogP contribution in [0.15, 0.2) is 65.3 Å². The quantitative estimate of drug-likeness (QED) is 0.241. The van der Waals surface area contributed by atoms with Crippen molar-refractivity contribution in [2.75, 3.05) is 10.6 Å². The van der Waals surface area contributed by atoms with Gasteiger partial charge in [-0.1, -0.05) is 30.3 Å². The van der Waals surface area contributed by atoms with E-state index in [-0.39, 0.29) is 17.7 Å². The Balaban J connectivity index is 1.30. The molecule has 6 atom stereocenters. The van der Waals surface area contributed by atoms with Crippen LogP contribution < -0.4 is 25.2 Å². The molecule has 2 amide bonds. The Morgan fingerprint density at radius 2 is 1.76 bits per heavy atom. The van der Waals surface area contributed by atoms with E-state index in [2.05, 4.69) is 15.9 Å². The fourth-order valence-corrected chi connectivity index (χ4v) is 3.74. The number of aliphatic carboxylic acids is 1. The summed E-state index contributed by atoms with van der Waals surface area (Å²) in [5, 5.41) is 49.8. The lowest BCUT2D eigenvalue weighted by Gasteiger charge is -2.40. The third-order valence-electron chi connectivity index (χ3n) is 5.71. The van der Waals surface area contributed by atoms with Crippen LogP contribution in [0.3, 0.4) is 0 Å². The molecule has 1 saturated heterocycles. The van der Waals surface area contributed by atoms with E-state index in [0.29, 0.717) is 5.69 Å². The van der Waals surface area contributed by atoms with E-state index in [9.17, 15) is 30.0 Å². The number of nitrogens with one attached hydrogen (secondary N) is 2. The zero-order valence-corrected chi connectivity index (χ0v) is 19.6. The molecule has 1 fully saturated rings. The molecule has 13 heteroatoms. The summed E-state index contributed by atoms with van der Waals surface area (Å²) >= 11 is 0. The first-order valence-electron chi connectivity index (χ1n) is 11.4. The normalized spacial score (nSPS) is 24.2. The number of ether oxygens (including phenoxy) is 2. The molecule has 37 heavy (non-hydrogen) atoms. The zero-order valence-electron chi connectivity index (χ0n) is 19.6. The number of aromatic nitrogens is 2. The molecule has 1 aliphatic heterocycles. The maximum Gasteiger partial charge on any atom is 0.326 e. The van der Waals surface area contributed by atoms with Gasteiger partial charge in [-0.15, -0.1) is 0 Å². The van der Waals surface area contributed by atoms with Crippen LogP contribution in [0.1, 0.15) is 18.5 Å². The van der Waals surface area contributed by atoms with Crippen LogP contribution in [0.2, 0.25) is 0 Å². The molecule has 2 heterocycles. The highest BCUT2D eigenvalue weighted by Crippen LogP contribution is 2.25. The maximum atomic E-state index is 12.3. The number of rotatable bonds is 8. The Morgan fingerprint density at radius 1 is 1.05 bits per heavy atom. The molecule has 0 radical (unpaired) electrons. The van der Waals surface area contributed by atoms with Crippen molar-refractivity contribution in [2.45, 2.75) is 50.1 Å². The van der Waals surface area contributed by atoms with E-state index in [0.717, 1.165) is 12.0 Å². The minimum absolute atomic E-state index is 0.00427. The number of carbonyl (C=O) groups is 2. The predicted octanol–water partition coefficient (Wildman–Crippen LogP) is -0.654. The van der Waals surface area contributed by atoms with Gasteiger partial charge in [0.1, 0.15) is 30.2 Å². The monoisotopic (exact) mass is 514 g/mol. The van der Waals surface area contributed by atoms with Crippen molar-refractivity contribution >= 4 is 23.6 Å². The van der Waals surface area contributed by atoms with Crippen LogP contribution in [-0.2, 0) is 16.0 Å². The lowest BCUT2D eigenvalue weighted by Crippen LogP contribution is -2.63. The Bertz CT molecular complexity index is 1200. The van der Waals surface area contributed by atoms with Crippen molar-refractivity contribution in [1.29, 1.82) is 0 Å². The van der Waals surface area contributed by atoms with E-state index in [1.165, 1.54) is 24.3 Å². The van der Waals surface area contributed by atoms with Crippen LogP contribution in [0, 0.1) is 0 Å². The predicted molar refractivity (Wildman–Crippen MR) is 123 cm³/mol. The second-order valence-electron chi connectivity index (χ2n) is 8.52. The molecule has 0 bridgehead atoms. The summed E-state index contributed by atoms with van der Waals surface area (Å²) in [5.41, 5.74) is 1.52. The fourth-order valence-electron chi connectivity index (χ4n) is 3.74. The zero-order chi connectivity index (χ0) is 26.5. The number of amides is 2. The Labute approximate surface area is 210 Å². The summed E-state index contributed by atoms with van der Waals surface area (Å²) < 4.78 is 17.2. The average molecular weight is 514 g/mol. The SMILES string of the molecule is CC(Cc1ccccc1)[n+]1cc(NC(=O)Nc2ccc(O[C@@H]3O[C@H](C(=O)[O-])[C@@H](O)[C@H](O)[C@H]3O)cc2)on1. The summed E-state index contributed by atoms with van der Waals surface area (Å²) in [6.07, 6.45) is -6.57. The topological polar surface area (TPSA) is 190 Å². The standard InChI is InChI=1S/C24H26N4O9/c1-13(11-14-5-3-2-4-6-14)28-12-17(37-27-28)26-24(34)25-15-7-9-16(10-8-15)35-23-20(31)18(29)19(30)21(36-23)22(32)33/h2-10,12-13,18-21,23,29-31H,11H2,1H3,(H2-,25,26,27,32,33,34)/t13?,18-,19-,20+,21-,23+/m0/s1. The van der Waals surface area contributed by atoms with Gasteiger partial charge in [0.05, 0.1) is 5.97 Å². The molecule has 0 aliphatic carbocycles. The second-order valence-corrected chi connectivity index (χ2v) is 8.52. The highest BCUT2D eigenvalue weighted by atomic mass is 16.7. The van der Waals surface area contributed by atoms with Gasteiger partial charge in [0.15, 0.2) is 6.04 Å². The average Bonchev–Trinajstić information content (AvgIpc) is 3.34. The molecule has 13 nitrogen and oxygen atoms in total. The largest absolute Gasteiger partial charge is 0.547 e. The Kier molecular flexibility index (Phi) is 7.98. The van der Waals surface area contributed by atoms with Crippen LogP contribution in [0.4, 0.5) is 16.4 Å². The van der Waals surface area contributed by atoms with Crippen molar-refractivity contribution in [3.63, 3.8) is 0 Å².